The molecule has 1 aliphatic rings. The molecule has 0 bridgehead atoms. The smallest absolute Gasteiger partial charge is 0.260 e. The van der Waals surface area contributed by atoms with E-state index >= 15 is 0 Å². The van der Waals surface area contributed by atoms with Gasteiger partial charge in [-0.05, 0) is 44.0 Å². The number of aryl methyl sites for hydroxylation is 3. The predicted molar refractivity (Wildman–Crippen MR) is 118 cm³/mol. The van der Waals surface area contributed by atoms with E-state index in [9.17, 15) is 4.79 Å². The SMILES string of the molecule is Cc1ccc(-c2noc(CN3CCN(C(=O)COc4cc(C)cc(C)c4)CC3)n2)cc1. The van der Waals surface area contributed by atoms with E-state index in [1.807, 2.05) is 62.1 Å². The van der Waals surface area contributed by atoms with Gasteiger partial charge in [-0.3, -0.25) is 9.69 Å². The van der Waals surface area contributed by atoms with E-state index in [-0.39, 0.29) is 12.5 Å². The Hall–Kier alpha value is -3.19. The highest BCUT2D eigenvalue weighted by atomic mass is 16.5. The summed E-state index contributed by atoms with van der Waals surface area (Å²) in [5.74, 6) is 1.95. The van der Waals surface area contributed by atoms with Gasteiger partial charge in [0, 0.05) is 31.7 Å². The van der Waals surface area contributed by atoms with E-state index in [1.54, 1.807) is 0 Å². The van der Waals surface area contributed by atoms with Crippen molar-refractivity contribution in [1.29, 1.82) is 0 Å². The van der Waals surface area contributed by atoms with Crippen LogP contribution in [-0.2, 0) is 11.3 Å². The van der Waals surface area contributed by atoms with Crippen molar-refractivity contribution in [1.82, 2.24) is 19.9 Å². The number of ether oxygens (including phenoxy) is 1. The molecule has 1 aliphatic heterocycles. The van der Waals surface area contributed by atoms with Gasteiger partial charge in [-0.25, -0.2) is 0 Å². The molecular weight excluding hydrogens is 392 g/mol. The summed E-state index contributed by atoms with van der Waals surface area (Å²) in [4.78, 5) is 21.1. The Balaban J connectivity index is 1.25. The molecule has 1 fully saturated rings. The first kappa shape index (κ1) is 21.1. The van der Waals surface area contributed by atoms with Crippen LogP contribution in [-0.4, -0.2) is 58.6 Å². The molecule has 0 atom stereocenters. The molecule has 0 radical (unpaired) electrons. The molecule has 0 spiro atoms. The molecule has 1 saturated heterocycles. The summed E-state index contributed by atoms with van der Waals surface area (Å²) in [6.45, 7) is 9.58. The third-order valence-corrected chi connectivity index (χ3v) is 5.42. The number of piperazine rings is 1. The highest BCUT2D eigenvalue weighted by Crippen LogP contribution is 2.18. The lowest BCUT2D eigenvalue weighted by atomic mass is 10.1. The molecule has 2 aromatic carbocycles. The number of nitrogens with zero attached hydrogens (tertiary/aromatic N) is 4. The minimum absolute atomic E-state index is 0.0123. The van der Waals surface area contributed by atoms with E-state index < -0.39 is 0 Å². The maximum absolute atomic E-state index is 12.5. The monoisotopic (exact) mass is 420 g/mol. The zero-order valence-electron chi connectivity index (χ0n) is 18.3. The maximum atomic E-state index is 12.5. The number of hydrogen-bond acceptors (Lipinski definition) is 6. The number of aromatic nitrogens is 2. The lowest BCUT2D eigenvalue weighted by Gasteiger charge is -2.33. The van der Waals surface area contributed by atoms with Crippen LogP contribution in [0.15, 0.2) is 47.0 Å². The first-order valence-corrected chi connectivity index (χ1v) is 10.6. The summed E-state index contributed by atoms with van der Waals surface area (Å²) >= 11 is 0. The standard InChI is InChI=1S/C24H28N4O3/c1-17-4-6-20(7-5-17)24-25-22(31-26-24)15-27-8-10-28(11-9-27)23(29)16-30-21-13-18(2)12-19(3)14-21/h4-7,12-14H,8-11,15-16H2,1-3H3. The van der Waals surface area contributed by atoms with Gasteiger partial charge >= 0.3 is 0 Å². The Kier molecular flexibility index (Phi) is 6.32. The Bertz CT molecular complexity index is 1020. The number of carbonyl (C=O) groups excluding carboxylic acids is 1. The second-order valence-corrected chi connectivity index (χ2v) is 8.15. The molecule has 7 heteroatoms. The number of amides is 1. The van der Waals surface area contributed by atoms with Gasteiger partial charge in [-0.2, -0.15) is 4.98 Å². The first-order chi connectivity index (χ1) is 15.0. The van der Waals surface area contributed by atoms with Crippen LogP contribution in [0.25, 0.3) is 11.4 Å². The van der Waals surface area contributed by atoms with Gasteiger partial charge in [0.2, 0.25) is 11.7 Å². The number of rotatable bonds is 6. The van der Waals surface area contributed by atoms with Crippen molar-refractivity contribution < 1.29 is 14.1 Å². The van der Waals surface area contributed by atoms with Crippen LogP contribution in [0.1, 0.15) is 22.6 Å². The highest BCUT2D eigenvalue weighted by Gasteiger charge is 2.23. The summed E-state index contributed by atoms with van der Waals surface area (Å²) in [5, 5.41) is 4.10. The van der Waals surface area contributed by atoms with Crippen molar-refractivity contribution in [2.75, 3.05) is 32.8 Å². The Morgan fingerprint density at radius 1 is 0.968 bits per heavy atom. The molecule has 0 saturated carbocycles. The largest absolute Gasteiger partial charge is 0.484 e. The third-order valence-electron chi connectivity index (χ3n) is 5.42. The van der Waals surface area contributed by atoms with Crippen molar-refractivity contribution in [2.24, 2.45) is 0 Å². The van der Waals surface area contributed by atoms with Crippen LogP contribution in [0.5, 0.6) is 5.75 Å². The number of carbonyl (C=O) groups is 1. The highest BCUT2D eigenvalue weighted by molar-refractivity contribution is 5.77. The molecule has 0 N–H and O–H groups in total. The fourth-order valence-electron chi connectivity index (χ4n) is 3.74. The second-order valence-electron chi connectivity index (χ2n) is 8.15. The summed E-state index contributed by atoms with van der Waals surface area (Å²) in [7, 11) is 0. The minimum Gasteiger partial charge on any atom is -0.484 e. The van der Waals surface area contributed by atoms with E-state index in [1.165, 1.54) is 5.56 Å². The average molecular weight is 421 g/mol. The molecular formula is C24H28N4O3. The van der Waals surface area contributed by atoms with E-state index in [0.29, 0.717) is 31.3 Å². The zero-order chi connectivity index (χ0) is 21.8. The van der Waals surface area contributed by atoms with Gasteiger partial charge in [-0.1, -0.05) is 41.1 Å². The number of hydrogen-bond donors (Lipinski definition) is 0. The fourth-order valence-corrected chi connectivity index (χ4v) is 3.74. The average Bonchev–Trinajstić information content (AvgIpc) is 3.21. The van der Waals surface area contributed by atoms with Crippen molar-refractivity contribution in [2.45, 2.75) is 27.3 Å². The minimum atomic E-state index is 0.0123. The molecule has 1 aromatic heterocycles. The first-order valence-electron chi connectivity index (χ1n) is 10.6. The van der Waals surface area contributed by atoms with Gasteiger partial charge in [0.25, 0.3) is 5.91 Å². The number of benzene rings is 2. The molecule has 31 heavy (non-hydrogen) atoms. The fraction of sp³-hybridized carbons (Fsp3) is 0.375. The Labute approximate surface area is 182 Å². The van der Waals surface area contributed by atoms with Gasteiger partial charge in [0.15, 0.2) is 6.61 Å². The zero-order valence-corrected chi connectivity index (χ0v) is 18.3. The normalized spacial score (nSPS) is 14.6. The van der Waals surface area contributed by atoms with Crippen molar-refractivity contribution >= 4 is 5.91 Å². The van der Waals surface area contributed by atoms with E-state index in [0.717, 1.165) is 35.5 Å². The van der Waals surface area contributed by atoms with Crippen molar-refractivity contribution in [3.8, 4) is 17.1 Å². The van der Waals surface area contributed by atoms with Gasteiger partial charge in [0.05, 0.1) is 6.54 Å². The Morgan fingerprint density at radius 3 is 2.32 bits per heavy atom. The summed E-state index contributed by atoms with van der Waals surface area (Å²) in [6.07, 6.45) is 0. The lowest BCUT2D eigenvalue weighted by Crippen LogP contribution is -2.49. The predicted octanol–water partition coefficient (Wildman–Crippen LogP) is 3.39. The van der Waals surface area contributed by atoms with Crippen LogP contribution in [0.2, 0.25) is 0 Å². The van der Waals surface area contributed by atoms with Crippen LogP contribution >= 0.6 is 0 Å². The summed E-state index contributed by atoms with van der Waals surface area (Å²) in [5.41, 5.74) is 4.39. The Morgan fingerprint density at radius 2 is 1.65 bits per heavy atom. The van der Waals surface area contributed by atoms with Crippen molar-refractivity contribution in [3.63, 3.8) is 0 Å². The third kappa shape index (κ3) is 5.49. The van der Waals surface area contributed by atoms with E-state index in [4.69, 9.17) is 9.26 Å². The lowest BCUT2D eigenvalue weighted by molar-refractivity contribution is -0.135. The van der Waals surface area contributed by atoms with E-state index in [2.05, 4.69) is 21.1 Å². The van der Waals surface area contributed by atoms with Crippen LogP contribution in [0, 0.1) is 20.8 Å². The topological polar surface area (TPSA) is 71.7 Å². The quantitative estimate of drug-likeness (QED) is 0.609. The van der Waals surface area contributed by atoms with Crippen LogP contribution in [0.3, 0.4) is 0 Å². The molecule has 3 aromatic rings. The summed E-state index contributed by atoms with van der Waals surface area (Å²) in [6, 6.07) is 14.0. The molecule has 2 heterocycles. The van der Waals surface area contributed by atoms with Gasteiger partial charge in [0.1, 0.15) is 5.75 Å². The molecule has 1 amide bonds. The maximum Gasteiger partial charge on any atom is 0.260 e. The molecule has 7 nitrogen and oxygen atoms in total. The second kappa shape index (κ2) is 9.31. The van der Waals surface area contributed by atoms with Crippen molar-refractivity contribution in [3.05, 3.63) is 65.0 Å². The summed E-state index contributed by atoms with van der Waals surface area (Å²) < 4.78 is 11.1. The molecule has 0 unspecified atom stereocenters. The van der Waals surface area contributed by atoms with Gasteiger partial charge in [-0.15, -0.1) is 0 Å². The van der Waals surface area contributed by atoms with Crippen LogP contribution < -0.4 is 4.74 Å². The van der Waals surface area contributed by atoms with Gasteiger partial charge < -0.3 is 14.2 Å². The molecule has 0 aliphatic carbocycles. The molecule has 4 rings (SSSR count). The molecule has 162 valence electrons. The van der Waals surface area contributed by atoms with Crippen LogP contribution in [0.4, 0.5) is 0 Å².